The van der Waals surface area contributed by atoms with Gasteiger partial charge in [0.15, 0.2) is 0 Å². The first kappa shape index (κ1) is 23.9. The van der Waals surface area contributed by atoms with Crippen LogP contribution in [0.15, 0.2) is 158 Å². The number of hydrogen-bond donors (Lipinski definition) is 0. The normalized spacial score (nSPS) is 11.7. The van der Waals surface area contributed by atoms with E-state index in [2.05, 4.69) is 150 Å². The molecule has 200 valence electrons. The highest BCUT2D eigenvalue weighted by Gasteiger charge is 2.17. The van der Waals surface area contributed by atoms with Crippen LogP contribution < -0.4 is 0 Å². The maximum Gasteiger partial charge on any atom is 0.0795 e. The number of nitrogens with zero attached hydrogens (tertiary/aromatic N) is 2. The van der Waals surface area contributed by atoms with Crippen LogP contribution >= 0.6 is 0 Å². The first-order valence-electron chi connectivity index (χ1n) is 14.7. The Hall–Kier alpha value is -5.73. The molecule has 0 atom stereocenters. The number of hydrogen-bond acceptors (Lipinski definition) is 1. The highest BCUT2D eigenvalue weighted by atomic mass is 15.0. The topological polar surface area (TPSA) is 17.8 Å². The van der Waals surface area contributed by atoms with Crippen LogP contribution in [0.2, 0.25) is 0 Å². The van der Waals surface area contributed by atoms with E-state index in [4.69, 9.17) is 4.98 Å². The van der Waals surface area contributed by atoms with Gasteiger partial charge in [0, 0.05) is 22.8 Å². The van der Waals surface area contributed by atoms with Crippen molar-refractivity contribution in [3.05, 3.63) is 158 Å². The predicted molar refractivity (Wildman–Crippen MR) is 181 cm³/mol. The van der Waals surface area contributed by atoms with Crippen LogP contribution in [0.4, 0.5) is 0 Å². The van der Waals surface area contributed by atoms with Crippen molar-refractivity contribution in [1.82, 2.24) is 9.55 Å². The number of pyridine rings is 1. The fourth-order valence-electron chi connectivity index (χ4n) is 6.87. The smallest absolute Gasteiger partial charge is 0.0795 e. The lowest BCUT2D eigenvalue weighted by Crippen LogP contribution is -2.00. The summed E-state index contributed by atoms with van der Waals surface area (Å²) in [4.78, 5) is 4.78. The summed E-state index contributed by atoms with van der Waals surface area (Å²) in [5.41, 5.74) is 9.16. The summed E-state index contributed by atoms with van der Waals surface area (Å²) in [7, 11) is 0. The third-order valence-electron chi connectivity index (χ3n) is 8.80. The van der Waals surface area contributed by atoms with Gasteiger partial charge in [0.25, 0.3) is 0 Å². The molecule has 2 heterocycles. The van der Waals surface area contributed by atoms with Crippen LogP contribution in [0.1, 0.15) is 0 Å². The van der Waals surface area contributed by atoms with E-state index in [-0.39, 0.29) is 0 Å². The summed E-state index contributed by atoms with van der Waals surface area (Å²) in [6.07, 6.45) is 1.88. The molecule has 0 bridgehead atoms. The lowest BCUT2D eigenvalue weighted by Gasteiger charge is -2.17. The Morgan fingerprint density at radius 2 is 1.09 bits per heavy atom. The second-order valence-corrected chi connectivity index (χ2v) is 11.2. The Balaban J connectivity index is 1.26. The molecular weight excluding hydrogens is 520 g/mol. The third-order valence-corrected chi connectivity index (χ3v) is 8.80. The molecule has 0 radical (unpaired) electrons. The molecule has 0 aliphatic heterocycles. The SMILES string of the molecule is c1ccc(-n2c(-c3cccc(-c4ccc5ccc6cccc7ccc4c5c67)c3)ccc2-c2cccc3cccnc23)cc1. The van der Waals surface area contributed by atoms with Crippen molar-refractivity contribution < 1.29 is 0 Å². The van der Waals surface area contributed by atoms with Gasteiger partial charge in [0.2, 0.25) is 0 Å². The van der Waals surface area contributed by atoms with Crippen molar-refractivity contribution in [2.45, 2.75) is 0 Å². The molecule has 0 N–H and O–H groups in total. The van der Waals surface area contributed by atoms with Gasteiger partial charge in [0.1, 0.15) is 0 Å². The lowest BCUT2D eigenvalue weighted by atomic mass is 9.89. The van der Waals surface area contributed by atoms with E-state index in [1.54, 1.807) is 0 Å². The highest BCUT2D eigenvalue weighted by molar-refractivity contribution is 6.25. The van der Waals surface area contributed by atoms with Crippen molar-refractivity contribution in [1.29, 1.82) is 0 Å². The summed E-state index contributed by atoms with van der Waals surface area (Å²) < 4.78 is 2.37. The van der Waals surface area contributed by atoms with Crippen LogP contribution in [0.5, 0.6) is 0 Å². The van der Waals surface area contributed by atoms with Gasteiger partial charge in [-0.05, 0) is 85.4 Å². The van der Waals surface area contributed by atoms with Crippen molar-refractivity contribution in [2.75, 3.05) is 0 Å². The van der Waals surface area contributed by atoms with Crippen molar-refractivity contribution in [2.24, 2.45) is 0 Å². The van der Waals surface area contributed by atoms with E-state index in [1.807, 2.05) is 12.3 Å². The molecule has 0 aliphatic carbocycles. The average Bonchev–Trinajstić information content (AvgIpc) is 3.52. The summed E-state index contributed by atoms with van der Waals surface area (Å²) in [6.45, 7) is 0. The monoisotopic (exact) mass is 546 g/mol. The zero-order valence-electron chi connectivity index (χ0n) is 23.4. The van der Waals surface area contributed by atoms with Crippen LogP contribution in [0, 0.1) is 0 Å². The summed E-state index contributed by atoms with van der Waals surface area (Å²) in [5.74, 6) is 0. The average molecular weight is 547 g/mol. The number of para-hydroxylation sites is 2. The fraction of sp³-hybridized carbons (Fsp3) is 0. The Kier molecular flexibility index (Phi) is 5.23. The second kappa shape index (κ2) is 9.40. The molecule has 0 aliphatic rings. The van der Waals surface area contributed by atoms with Gasteiger partial charge in [-0.2, -0.15) is 0 Å². The minimum atomic E-state index is 1.01. The fourth-order valence-corrected chi connectivity index (χ4v) is 6.87. The van der Waals surface area contributed by atoms with Crippen LogP contribution in [-0.4, -0.2) is 9.55 Å². The van der Waals surface area contributed by atoms with E-state index < -0.39 is 0 Å². The van der Waals surface area contributed by atoms with Crippen LogP contribution in [-0.2, 0) is 0 Å². The van der Waals surface area contributed by atoms with Crippen molar-refractivity contribution >= 4 is 43.2 Å². The first-order valence-corrected chi connectivity index (χ1v) is 14.7. The van der Waals surface area contributed by atoms with E-state index in [1.165, 1.54) is 49.0 Å². The number of fused-ring (bicyclic) bond motifs is 1. The molecule has 2 aromatic heterocycles. The quantitative estimate of drug-likeness (QED) is 0.201. The number of benzene rings is 7. The van der Waals surface area contributed by atoms with Gasteiger partial charge < -0.3 is 4.57 Å². The van der Waals surface area contributed by atoms with E-state index >= 15 is 0 Å². The van der Waals surface area contributed by atoms with E-state index in [0.29, 0.717) is 0 Å². The molecule has 0 fully saturated rings. The predicted octanol–water partition coefficient (Wildman–Crippen LogP) is 10.9. The van der Waals surface area contributed by atoms with Gasteiger partial charge in [-0.25, -0.2) is 0 Å². The van der Waals surface area contributed by atoms with Crippen molar-refractivity contribution in [3.63, 3.8) is 0 Å². The van der Waals surface area contributed by atoms with Gasteiger partial charge in [0.05, 0.1) is 16.9 Å². The minimum absolute atomic E-state index is 1.01. The zero-order valence-corrected chi connectivity index (χ0v) is 23.4. The molecule has 9 aromatic rings. The van der Waals surface area contributed by atoms with Gasteiger partial charge in [-0.15, -0.1) is 0 Å². The minimum Gasteiger partial charge on any atom is -0.309 e. The molecule has 43 heavy (non-hydrogen) atoms. The van der Waals surface area contributed by atoms with Crippen LogP contribution in [0.25, 0.3) is 82.5 Å². The van der Waals surface area contributed by atoms with E-state index in [9.17, 15) is 0 Å². The summed E-state index contributed by atoms with van der Waals surface area (Å²) >= 11 is 0. The van der Waals surface area contributed by atoms with Crippen LogP contribution in [0.3, 0.4) is 0 Å². The molecule has 2 nitrogen and oxygen atoms in total. The molecule has 9 rings (SSSR count). The molecule has 0 saturated carbocycles. The molecule has 7 aromatic carbocycles. The van der Waals surface area contributed by atoms with E-state index in [0.717, 1.165) is 33.5 Å². The summed E-state index contributed by atoms with van der Waals surface area (Å²) in [5, 5.41) is 8.98. The Morgan fingerprint density at radius 3 is 1.98 bits per heavy atom. The molecule has 0 amide bonds. The van der Waals surface area contributed by atoms with Gasteiger partial charge in [-0.3, -0.25) is 4.98 Å². The molecule has 0 spiro atoms. The molecule has 0 unspecified atom stereocenters. The third kappa shape index (κ3) is 3.70. The number of aromatic nitrogens is 2. The van der Waals surface area contributed by atoms with Gasteiger partial charge >= 0.3 is 0 Å². The Bertz CT molecular complexity index is 2430. The molecule has 0 saturated heterocycles. The van der Waals surface area contributed by atoms with Crippen molar-refractivity contribution in [3.8, 4) is 39.3 Å². The Morgan fingerprint density at radius 1 is 0.419 bits per heavy atom. The molecule has 2 heteroatoms. The van der Waals surface area contributed by atoms with Gasteiger partial charge in [-0.1, -0.05) is 115 Å². The maximum absolute atomic E-state index is 4.78. The maximum atomic E-state index is 4.78. The second-order valence-electron chi connectivity index (χ2n) is 11.2. The highest BCUT2D eigenvalue weighted by Crippen LogP contribution is 2.41. The molecular formula is C41H26N2. The Labute approximate surface area is 249 Å². The lowest BCUT2D eigenvalue weighted by molar-refractivity contribution is 1.10. The zero-order chi connectivity index (χ0) is 28.3. The number of rotatable bonds is 4. The standard InChI is InChI=1S/C41H26N2/c1-2-14-33(15-3-1)43-37(23-24-38(43)36-16-6-10-30-13-7-25-42-41(30)36)32-12-5-11-31(26-32)34-21-19-29-18-17-27-8-4-9-28-20-22-35(34)40(29)39(27)28/h1-26H. The first-order chi connectivity index (χ1) is 21.3. The summed E-state index contributed by atoms with van der Waals surface area (Å²) in [6, 6.07) is 54.8. The largest absolute Gasteiger partial charge is 0.309 e.